The Labute approximate surface area is 136 Å². The summed E-state index contributed by atoms with van der Waals surface area (Å²) in [6, 6.07) is 2.58. The van der Waals surface area contributed by atoms with Crippen LogP contribution in [0.4, 0.5) is 5.69 Å². The van der Waals surface area contributed by atoms with E-state index < -0.39 is 10.8 Å². The van der Waals surface area contributed by atoms with E-state index in [0.717, 1.165) is 25.7 Å². The summed E-state index contributed by atoms with van der Waals surface area (Å²) in [5.74, 6) is 0.0755. The number of hydrogen-bond donors (Lipinski definition) is 1. The van der Waals surface area contributed by atoms with E-state index in [1.165, 1.54) is 19.2 Å². The lowest BCUT2D eigenvalue weighted by atomic mass is 10.1. The highest BCUT2D eigenvalue weighted by atomic mass is 16.6. The van der Waals surface area contributed by atoms with Gasteiger partial charge in [0.15, 0.2) is 11.5 Å². The van der Waals surface area contributed by atoms with Gasteiger partial charge in [-0.1, -0.05) is 26.2 Å². The number of amides is 1. The van der Waals surface area contributed by atoms with Gasteiger partial charge < -0.3 is 14.8 Å². The maximum absolute atomic E-state index is 12.2. The lowest BCUT2D eigenvalue weighted by Crippen LogP contribution is -2.25. The second kappa shape index (κ2) is 9.66. The van der Waals surface area contributed by atoms with Crippen LogP contribution in [0.25, 0.3) is 0 Å². The van der Waals surface area contributed by atoms with Gasteiger partial charge in [0, 0.05) is 12.6 Å². The van der Waals surface area contributed by atoms with Crippen molar-refractivity contribution in [1.82, 2.24) is 5.32 Å². The minimum absolute atomic E-state index is 0.0188. The Kier molecular flexibility index (Phi) is 7.87. The zero-order valence-corrected chi connectivity index (χ0v) is 13.9. The molecule has 0 aliphatic carbocycles. The molecule has 7 heteroatoms. The summed E-state index contributed by atoms with van der Waals surface area (Å²) in [4.78, 5) is 22.9. The molecule has 0 aliphatic rings. The number of nitro benzene ring substituents is 1. The summed E-state index contributed by atoms with van der Waals surface area (Å²) in [6.45, 7) is 4.75. The number of unbranched alkanes of at least 4 members (excludes halogenated alkanes) is 3. The molecule has 0 aromatic heterocycles. The van der Waals surface area contributed by atoms with E-state index in [0.29, 0.717) is 18.9 Å². The first kappa shape index (κ1) is 18.7. The molecule has 7 nitrogen and oxygen atoms in total. The third kappa shape index (κ3) is 5.43. The Morgan fingerprint density at radius 1 is 1.22 bits per heavy atom. The highest BCUT2D eigenvalue weighted by Gasteiger charge is 2.24. The molecule has 1 amide bonds. The van der Waals surface area contributed by atoms with Crippen molar-refractivity contribution in [3.8, 4) is 11.5 Å². The van der Waals surface area contributed by atoms with Crippen LogP contribution in [0.15, 0.2) is 12.1 Å². The molecule has 0 saturated carbocycles. The summed E-state index contributed by atoms with van der Waals surface area (Å²) in [6.07, 6.45) is 4.08. The van der Waals surface area contributed by atoms with Crippen molar-refractivity contribution in [1.29, 1.82) is 0 Å². The van der Waals surface area contributed by atoms with Gasteiger partial charge in [0.25, 0.3) is 11.6 Å². The van der Waals surface area contributed by atoms with Crippen molar-refractivity contribution in [2.24, 2.45) is 0 Å². The summed E-state index contributed by atoms with van der Waals surface area (Å²) >= 11 is 0. The number of methoxy groups -OCH3 is 1. The highest BCUT2D eigenvalue weighted by molar-refractivity contribution is 5.99. The first-order chi connectivity index (χ1) is 11.0. The van der Waals surface area contributed by atoms with Crippen molar-refractivity contribution in [3.63, 3.8) is 0 Å². The van der Waals surface area contributed by atoms with Gasteiger partial charge in [-0.3, -0.25) is 14.9 Å². The van der Waals surface area contributed by atoms with Gasteiger partial charge >= 0.3 is 0 Å². The fraction of sp³-hybridized carbons (Fsp3) is 0.562. The molecule has 1 aromatic rings. The van der Waals surface area contributed by atoms with Gasteiger partial charge in [-0.25, -0.2) is 0 Å². The molecule has 1 N–H and O–H groups in total. The fourth-order valence-electron chi connectivity index (χ4n) is 2.16. The zero-order valence-electron chi connectivity index (χ0n) is 13.9. The number of nitrogens with zero attached hydrogens (tertiary/aromatic N) is 1. The van der Waals surface area contributed by atoms with Crippen molar-refractivity contribution in [2.45, 2.75) is 39.5 Å². The van der Waals surface area contributed by atoms with Gasteiger partial charge in [-0.15, -0.1) is 0 Å². The van der Waals surface area contributed by atoms with Gasteiger partial charge in [0.1, 0.15) is 5.56 Å². The number of nitrogens with one attached hydrogen (secondary N) is 1. The molecule has 0 unspecified atom stereocenters. The number of carbonyl (C=O) groups is 1. The smallest absolute Gasteiger partial charge is 0.286 e. The molecule has 0 saturated heterocycles. The van der Waals surface area contributed by atoms with Crippen LogP contribution in [0, 0.1) is 10.1 Å². The highest BCUT2D eigenvalue weighted by Crippen LogP contribution is 2.34. The van der Waals surface area contributed by atoms with Gasteiger partial charge in [0.05, 0.1) is 24.7 Å². The maximum atomic E-state index is 12.2. The van der Waals surface area contributed by atoms with Crippen molar-refractivity contribution in [2.75, 3.05) is 20.3 Å². The Hall–Kier alpha value is -2.31. The topological polar surface area (TPSA) is 90.7 Å². The quantitative estimate of drug-likeness (QED) is 0.405. The molecule has 1 rings (SSSR count). The number of rotatable bonds is 10. The number of carbonyl (C=O) groups excluding carboxylic acids is 1. The van der Waals surface area contributed by atoms with Crippen LogP contribution in [0.5, 0.6) is 11.5 Å². The van der Waals surface area contributed by atoms with Crippen LogP contribution in [0.1, 0.15) is 49.9 Å². The number of benzene rings is 1. The second-order valence-corrected chi connectivity index (χ2v) is 5.03. The summed E-state index contributed by atoms with van der Waals surface area (Å²) in [5.41, 5.74) is -0.314. The molecule has 0 bridgehead atoms. The van der Waals surface area contributed by atoms with Crippen molar-refractivity contribution in [3.05, 3.63) is 27.8 Å². The van der Waals surface area contributed by atoms with E-state index in [4.69, 9.17) is 9.47 Å². The Morgan fingerprint density at radius 2 is 1.96 bits per heavy atom. The van der Waals surface area contributed by atoms with Crippen molar-refractivity contribution < 1.29 is 19.2 Å². The van der Waals surface area contributed by atoms with Crippen LogP contribution in [0.2, 0.25) is 0 Å². The maximum Gasteiger partial charge on any atom is 0.286 e. The van der Waals surface area contributed by atoms with Crippen LogP contribution >= 0.6 is 0 Å². The van der Waals surface area contributed by atoms with E-state index in [1.807, 2.05) is 0 Å². The Bertz CT molecular complexity index is 546. The molecule has 0 atom stereocenters. The van der Waals surface area contributed by atoms with Crippen LogP contribution in [-0.4, -0.2) is 31.1 Å². The van der Waals surface area contributed by atoms with E-state index in [1.54, 1.807) is 6.92 Å². The molecule has 128 valence electrons. The van der Waals surface area contributed by atoms with E-state index in [2.05, 4.69) is 12.2 Å². The summed E-state index contributed by atoms with van der Waals surface area (Å²) in [5, 5.41) is 13.9. The molecule has 23 heavy (non-hydrogen) atoms. The minimum atomic E-state index is -0.593. The normalized spacial score (nSPS) is 10.2. The average Bonchev–Trinajstić information content (AvgIpc) is 2.54. The summed E-state index contributed by atoms with van der Waals surface area (Å²) < 4.78 is 10.5. The lowest BCUT2D eigenvalue weighted by molar-refractivity contribution is -0.385. The average molecular weight is 324 g/mol. The van der Waals surface area contributed by atoms with Gasteiger partial charge in [-0.05, 0) is 13.3 Å². The van der Waals surface area contributed by atoms with E-state index in [9.17, 15) is 14.9 Å². The number of nitro groups is 1. The molecule has 1 aromatic carbocycles. The third-order valence-corrected chi connectivity index (χ3v) is 3.34. The fourth-order valence-corrected chi connectivity index (χ4v) is 2.16. The zero-order chi connectivity index (χ0) is 17.2. The van der Waals surface area contributed by atoms with Crippen molar-refractivity contribution >= 4 is 11.6 Å². The van der Waals surface area contributed by atoms with Gasteiger partial charge in [0.2, 0.25) is 0 Å². The second-order valence-electron chi connectivity index (χ2n) is 5.03. The molecule has 0 fully saturated rings. The standard InChI is InChI=1S/C16H24N2O5/c1-4-6-7-8-9-17-16(19)12-10-15(23-5-2)14(22-3)11-13(12)18(20)21/h10-11H,4-9H2,1-3H3,(H,17,19). The Morgan fingerprint density at radius 3 is 2.52 bits per heavy atom. The van der Waals surface area contributed by atoms with E-state index >= 15 is 0 Å². The van der Waals surface area contributed by atoms with Crippen LogP contribution in [0.3, 0.4) is 0 Å². The molecule has 0 radical (unpaired) electrons. The molecular weight excluding hydrogens is 300 g/mol. The third-order valence-electron chi connectivity index (χ3n) is 3.34. The molecular formula is C16H24N2O5. The van der Waals surface area contributed by atoms with Crippen LogP contribution < -0.4 is 14.8 Å². The monoisotopic (exact) mass is 324 g/mol. The molecule has 0 spiro atoms. The molecule has 0 heterocycles. The number of ether oxygens (including phenoxy) is 2. The Balaban J connectivity index is 2.95. The van der Waals surface area contributed by atoms with Gasteiger partial charge in [-0.2, -0.15) is 0 Å². The predicted molar refractivity (Wildman–Crippen MR) is 87.3 cm³/mol. The number of hydrogen-bond acceptors (Lipinski definition) is 5. The summed E-state index contributed by atoms with van der Waals surface area (Å²) in [7, 11) is 1.40. The minimum Gasteiger partial charge on any atom is -0.493 e. The molecule has 0 aliphatic heterocycles. The largest absolute Gasteiger partial charge is 0.493 e. The first-order valence-electron chi connectivity index (χ1n) is 7.82. The van der Waals surface area contributed by atoms with E-state index in [-0.39, 0.29) is 17.0 Å². The predicted octanol–water partition coefficient (Wildman–Crippen LogP) is 3.31. The lowest BCUT2D eigenvalue weighted by Gasteiger charge is -2.12. The first-order valence-corrected chi connectivity index (χ1v) is 7.82. The SMILES string of the molecule is CCCCCCNC(=O)c1cc(OCC)c(OC)cc1[N+](=O)[O-]. The van der Waals surface area contributed by atoms with Crippen LogP contribution in [-0.2, 0) is 0 Å².